The number of ether oxygens (including phenoxy) is 3. The lowest BCUT2D eigenvalue weighted by Crippen LogP contribution is -2.30. The fourth-order valence-corrected chi connectivity index (χ4v) is 9.27. The number of rotatable bonds is 58. The molecule has 6 nitrogen and oxygen atoms in total. The molecule has 0 saturated carbocycles. The Balaban J connectivity index is 4.16. The average molecular weight is 1010 g/mol. The van der Waals surface area contributed by atoms with Crippen LogP contribution in [0.1, 0.15) is 335 Å². The number of carbonyl (C=O) groups is 3. The molecule has 0 aromatic carbocycles. The minimum absolute atomic E-state index is 0.0720. The molecule has 420 valence electrons. The van der Waals surface area contributed by atoms with Crippen LogP contribution in [0.4, 0.5) is 0 Å². The van der Waals surface area contributed by atoms with Gasteiger partial charge in [0, 0.05) is 19.3 Å². The maximum atomic E-state index is 12.9. The van der Waals surface area contributed by atoms with Crippen molar-refractivity contribution in [3.8, 4) is 0 Å². The van der Waals surface area contributed by atoms with E-state index in [1.54, 1.807) is 0 Å². The largest absolute Gasteiger partial charge is 0.462 e. The molecule has 0 N–H and O–H groups in total. The van der Waals surface area contributed by atoms with Crippen molar-refractivity contribution in [2.45, 2.75) is 341 Å². The predicted octanol–water partition coefficient (Wildman–Crippen LogP) is 21.4. The molecule has 0 aliphatic rings. The second-order valence-corrected chi connectivity index (χ2v) is 21.3. The molecule has 0 radical (unpaired) electrons. The molecule has 6 heteroatoms. The van der Waals surface area contributed by atoms with Crippen LogP contribution in [0.2, 0.25) is 0 Å². The van der Waals surface area contributed by atoms with Crippen molar-refractivity contribution in [3.05, 3.63) is 48.6 Å². The van der Waals surface area contributed by atoms with E-state index in [1.165, 1.54) is 225 Å². The van der Waals surface area contributed by atoms with Gasteiger partial charge in [-0.25, -0.2) is 0 Å². The highest BCUT2D eigenvalue weighted by Crippen LogP contribution is 2.17. The van der Waals surface area contributed by atoms with Gasteiger partial charge in [0.25, 0.3) is 0 Å². The van der Waals surface area contributed by atoms with E-state index in [-0.39, 0.29) is 31.1 Å². The van der Waals surface area contributed by atoms with Gasteiger partial charge in [0.15, 0.2) is 6.10 Å². The summed E-state index contributed by atoms with van der Waals surface area (Å²) in [5, 5.41) is 0. The van der Waals surface area contributed by atoms with Gasteiger partial charge in [0.1, 0.15) is 13.2 Å². The number of hydrogen-bond donors (Lipinski definition) is 0. The van der Waals surface area contributed by atoms with Crippen LogP contribution in [-0.4, -0.2) is 37.2 Å². The van der Waals surface area contributed by atoms with Gasteiger partial charge >= 0.3 is 17.9 Å². The van der Waals surface area contributed by atoms with E-state index in [4.69, 9.17) is 14.2 Å². The van der Waals surface area contributed by atoms with Gasteiger partial charge in [-0.15, -0.1) is 0 Å². The molecule has 1 unspecified atom stereocenters. The Morgan fingerprint density at radius 3 is 0.764 bits per heavy atom. The second kappa shape index (κ2) is 60.9. The molecular formula is C66H120O6. The van der Waals surface area contributed by atoms with Crippen LogP contribution in [0.3, 0.4) is 0 Å². The van der Waals surface area contributed by atoms with Crippen LogP contribution >= 0.6 is 0 Å². The SMILES string of the molecule is CCCCCCC/C=C\C/C=C\CCCCCCCCCCCCCCCC(=O)OCC(COC(=O)CCCCCCCCCC)OC(=O)CCCCCCCCCCC/C=C\C/C=C\CCCCCCC. The molecule has 0 rings (SSSR count). The summed E-state index contributed by atoms with van der Waals surface area (Å²) in [5.41, 5.74) is 0. The van der Waals surface area contributed by atoms with Crippen molar-refractivity contribution in [2.75, 3.05) is 13.2 Å². The molecular weight excluding hydrogens is 889 g/mol. The first-order valence-electron chi connectivity index (χ1n) is 31.6. The normalized spacial score (nSPS) is 12.3. The van der Waals surface area contributed by atoms with Crippen molar-refractivity contribution in [2.24, 2.45) is 0 Å². The maximum absolute atomic E-state index is 12.9. The lowest BCUT2D eigenvalue weighted by atomic mass is 10.0. The third kappa shape index (κ3) is 58.3. The Kier molecular flexibility index (Phi) is 58.7. The average Bonchev–Trinajstić information content (AvgIpc) is 3.38. The monoisotopic (exact) mass is 1010 g/mol. The minimum atomic E-state index is -0.772. The van der Waals surface area contributed by atoms with Crippen molar-refractivity contribution in [3.63, 3.8) is 0 Å². The molecule has 0 spiro atoms. The van der Waals surface area contributed by atoms with Crippen LogP contribution in [0.5, 0.6) is 0 Å². The first-order valence-corrected chi connectivity index (χ1v) is 31.6. The van der Waals surface area contributed by atoms with Crippen LogP contribution in [0, 0.1) is 0 Å². The van der Waals surface area contributed by atoms with Gasteiger partial charge < -0.3 is 14.2 Å². The lowest BCUT2D eigenvalue weighted by molar-refractivity contribution is -0.167. The van der Waals surface area contributed by atoms with Crippen LogP contribution in [-0.2, 0) is 28.6 Å². The maximum Gasteiger partial charge on any atom is 0.306 e. The van der Waals surface area contributed by atoms with Crippen LogP contribution in [0.25, 0.3) is 0 Å². The van der Waals surface area contributed by atoms with E-state index in [0.717, 1.165) is 70.6 Å². The summed E-state index contributed by atoms with van der Waals surface area (Å²) in [6, 6.07) is 0. The summed E-state index contributed by atoms with van der Waals surface area (Å²) >= 11 is 0. The van der Waals surface area contributed by atoms with E-state index in [0.29, 0.717) is 19.3 Å². The summed E-state index contributed by atoms with van der Waals surface area (Å²) < 4.78 is 16.9. The zero-order chi connectivity index (χ0) is 52.2. The van der Waals surface area contributed by atoms with Crippen molar-refractivity contribution in [1.82, 2.24) is 0 Å². The Morgan fingerprint density at radius 1 is 0.278 bits per heavy atom. The van der Waals surface area contributed by atoms with E-state index in [1.807, 2.05) is 0 Å². The Labute approximate surface area is 448 Å². The first-order chi connectivity index (χ1) is 35.5. The van der Waals surface area contributed by atoms with E-state index >= 15 is 0 Å². The van der Waals surface area contributed by atoms with E-state index in [2.05, 4.69) is 69.4 Å². The third-order valence-corrected chi connectivity index (χ3v) is 14.1. The molecule has 0 fully saturated rings. The summed E-state index contributed by atoms with van der Waals surface area (Å²) in [7, 11) is 0. The highest BCUT2D eigenvalue weighted by atomic mass is 16.6. The van der Waals surface area contributed by atoms with Gasteiger partial charge in [-0.3, -0.25) is 14.4 Å². The Hall–Kier alpha value is -2.63. The molecule has 0 bridgehead atoms. The quantitative estimate of drug-likeness (QED) is 0.0261. The Bertz CT molecular complexity index is 1250. The van der Waals surface area contributed by atoms with Gasteiger partial charge in [0.2, 0.25) is 0 Å². The summed E-state index contributed by atoms with van der Waals surface area (Å²) in [6.07, 6.45) is 75.6. The predicted molar refractivity (Wildman–Crippen MR) is 312 cm³/mol. The molecule has 0 saturated heterocycles. The number of carbonyl (C=O) groups excluding carboxylic acids is 3. The molecule has 0 amide bonds. The molecule has 72 heavy (non-hydrogen) atoms. The number of allylic oxidation sites excluding steroid dienone is 8. The summed E-state index contributed by atoms with van der Waals surface area (Å²) in [5.74, 6) is -0.864. The van der Waals surface area contributed by atoms with E-state index in [9.17, 15) is 14.4 Å². The molecule has 1 atom stereocenters. The molecule has 0 aliphatic carbocycles. The Morgan fingerprint density at radius 2 is 0.500 bits per heavy atom. The van der Waals surface area contributed by atoms with E-state index < -0.39 is 6.10 Å². The van der Waals surface area contributed by atoms with Crippen molar-refractivity contribution < 1.29 is 28.6 Å². The third-order valence-electron chi connectivity index (χ3n) is 14.1. The fourth-order valence-electron chi connectivity index (χ4n) is 9.27. The molecule has 0 aromatic heterocycles. The number of esters is 3. The zero-order valence-corrected chi connectivity index (χ0v) is 48.2. The minimum Gasteiger partial charge on any atom is -0.462 e. The number of hydrogen-bond acceptors (Lipinski definition) is 6. The first kappa shape index (κ1) is 69.4. The second-order valence-electron chi connectivity index (χ2n) is 21.3. The topological polar surface area (TPSA) is 78.9 Å². The summed E-state index contributed by atoms with van der Waals surface area (Å²) in [4.78, 5) is 38.1. The highest BCUT2D eigenvalue weighted by Gasteiger charge is 2.19. The van der Waals surface area contributed by atoms with Crippen LogP contribution < -0.4 is 0 Å². The van der Waals surface area contributed by atoms with Crippen LogP contribution in [0.15, 0.2) is 48.6 Å². The smallest absolute Gasteiger partial charge is 0.306 e. The van der Waals surface area contributed by atoms with Gasteiger partial charge in [-0.05, 0) is 83.5 Å². The standard InChI is InChI=1S/C66H120O6/c1-4-7-10-13-16-19-21-23-25-27-29-31-32-33-34-36-37-39-41-43-45-47-50-53-56-59-65(68)71-62-63(61-70-64(67)58-55-52-49-18-15-12-9-6-3)72-66(69)60-57-54-51-48-46-44-42-40-38-35-30-28-26-24-22-20-17-14-11-8-5-2/h21-24,27-30,63H,4-20,25-26,31-62H2,1-3H3/b23-21-,24-22-,29-27-,30-28-. The van der Waals surface area contributed by atoms with Crippen molar-refractivity contribution >= 4 is 17.9 Å². The number of unbranched alkanes of at least 4 members (excludes halogenated alkanes) is 39. The van der Waals surface area contributed by atoms with Gasteiger partial charge in [-0.1, -0.05) is 281 Å². The fraction of sp³-hybridized carbons (Fsp3) is 0.833. The van der Waals surface area contributed by atoms with Gasteiger partial charge in [-0.2, -0.15) is 0 Å². The highest BCUT2D eigenvalue weighted by molar-refractivity contribution is 5.71. The zero-order valence-electron chi connectivity index (χ0n) is 48.2. The molecule has 0 aliphatic heterocycles. The summed E-state index contributed by atoms with van der Waals surface area (Å²) in [6.45, 7) is 6.63. The van der Waals surface area contributed by atoms with Gasteiger partial charge in [0.05, 0.1) is 0 Å². The lowest BCUT2D eigenvalue weighted by Gasteiger charge is -2.18. The van der Waals surface area contributed by atoms with Crippen molar-refractivity contribution in [1.29, 1.82) is 0 Å². The molecule has 0 heterocycles. The molecule has 0 aromatic rings.